The highest BCUT2D eigenvalue weighted by atomic mass is 16.5. The maximum Gasteiger partial charge on any atom is 0.252 e. The van der Waals surface area contributed by atoms with E-state index >= 15 is 0 Å². The van der Waals surface area contributed by atoms with Crippen molar-refractivity contribution in [2.24, 2.45) is 0 Å². The van der Waals surface area contributed by atoms with Crippen LogP contribution in [-0.4, -0.2) is 39.9 Å². The van der Waals surface area contributed by atoms with Crippen molar-refractivity contribution in [1.82, 2.24) is 20.1 Å². The zero-order valence-electron chi connectivity index (χ0n) is 19.3. The molecule has 0 saturated carbocycles. The van der Waals surface area contributed by atoms with Crippen molar-refractivity contribution < 1.29 is 9.53 Å². The molecule has 4 aromatic rings. The summed E-state index contributed by atoms with van der Waals surface area (Å²) in [4.78, 5) is 18.1. The number of ether oxygens (including phenoxy) is 1. The standard InChI is InChI=1S/C27H28N4O2/c1-17-6-9-20(10-7-17)31-19(3)24(16-29-31)26-14-23(22-13-18(2)8-11-25(22)30-26)27(32)28-15-21-5-4-12-33-21/h6-11,13-14,16,21H,4-5,12,15H2,1-3H3,(H,28,32)/t21-/m0/s1. The predicted octanol–water partition coefficient (Wildman–Crippen LogP) is 4.92. The quantitative estimate of drug-likeness (QED) is 0.478. The van der Waals surface area contributed by atoms with Gasteiger partial charge in [-0.2, -0.15) is 5.10 Å². The first-order valence-corrected chi connectivity index (χ1v) is 11.4. The van der Waals surface area contributed by atoms with Crippen LogP contribution in [0.2, 0.25) is 0 Å². The maximum absolute atomic E-state index is 13.2. The van der Waals surface area contributed by atoms with Gasteiger partial charge >= 0.3 is 0 Å². The molecule has 2 aromatic heterocycles. The van der Waals surface area contributed by atoms with Crippen molar-refractivity contribution in [2.45, 2.75) is 39.7 Å². The third kappa shape index (κ3) is 4.26. The number of carbonyl (C=O) groups excluding carboxylic acids is 1. The average Bonchev–Trinajstić information content (AvgIpc) is 3.47. The van der Waals surface area contributed by atoms with Gasteiger partial charge in [-0.3, -0.25) is 4.79 Å². The van der Waals surface area contributed by atoms with Crippen LogP contribution >= 0.6 is 0 Å². The van der Waals surface area contributed by atoms with E-state index in [0.717, 1.165) is 58.6 Å². The lowest BCUT2D eigenvalue weighted by atomic mass is 10.0. The second kappa shape index (κ2) is 8.79. The van der Waals surface area contributed by atoms with Crippen LogP contribution in [0, 0.1) is 20.8 Å². The van der Waals surface area contributed by atoms with E-state index in [4.69, 9.17) is 9.72 Å². The Labute approximate surface area is 193 Å². The SMILES string of the molecule is Cc1ccc(-n2ncc(-c3cc(C(=O)NC[C@@H]4CCCO4)c4cc(C)ccc4n3)c2C)cc1. The predicted molar refractivity (Wildman–Crippen MR) is 130 cm³/mol. The number of amides is 1. The van der Waals surface area contributed by atoms with E-state index in [-0.39, 0.29) is 12.0 Å². The molecule has 1 saturated heterocycles. The Kier molecular flexibility index (Phi) is 5.68. The molecule has 1 aliphatic rings. The number of rotatable bonds is 5. The van der Waals surface area contributed by atoms with Gasteiger partial charge in [0.25, 0.3) is 5.91 Å². The van der Waals surface area contributed by atoms with E-state index in [9.17, 15) is 4.79 Å². The van der Waals surface area contributed by atoms with Crippen LogP contribution in [0.4, 0.5) is 0 Å². The van der Waals surface area contributed by atoms with E-state index in [0.29, 0.717) is 12.1 Å². The highest BCUT2D eigenvalue weighted by Gasteiger charge is 2.20. The van der Waals surface area contributed by atoms with E-state index in [1.54, 1.807) is 0 Å². The Balaban J connectivity index is 1.54. The minimum Gasteiger partial charge on any atom is -0.376 e. The zero-order valence-corrected chi connectivity index (χ0v) is 19.3. The van der Waals surface area contributed by atoms with Gasteiger partial charge in [-0.25, -0.2) is 9.67 Å². The molecule has 3 heterocycles. The topological polar surface area (TPSA) is 69.0 Å². The monoisotopic (exact) mass is 440 g/mol. The van der Waals surface area contributed by atoms with Crippen LogP contribution in [-0.2, 0) is 4.74 Å². The van der Waals surface area contributed by atoms with Crippen molar-refractivity contribution in [1.29, 1.82) is 0 Å². The van der Waals surface area contributed by atoms with Gasteiger partial charge in [0.15, 0.2) is 0 Å². The minimum atomic E-state index is -0.103. The van der Waals surface area contributed by atoms with Crippen LogP contribution in [0.3, 0.4) is 0 Å². The molecule has 5 rings (SSSR count). The number of hydrogen-bond acceptors (Lipinski definition) is 4. The molecular formula is C27H28N4O2. The van der Waals surface area contributed by atoms with Gasteiger partial charge in [0.05, 0.1) is 40.5 Å². The van der Waals surface area contributed by atoms with Crippen molar-refractivity contribution in [3.05, 3.63) is 77.1 Å². The summed E-state index contributed by atoms with van der Waals surface area (Å²) in [5.41, 5.74) is 7.33. The van der Waals surface area contributed by atoms with E-state index < -0.39 is 0 Å². The van der Waals surface area contributed by atoms with E-state index in [2.05, 4.69) is 41.6 Å². The van der Waals surface area contributed by atoms with Gasteiger partial charge in [0.1, 0.15) is 0 Å². The number of fused-ring (bicyclic) bond motifs is 1. The van der Waals surface area contributed by atoms with E-state index in [1.165, 1.54) is 5.56 Å². The number of hydrogen-bond donors (Lipinski definition) is 1. The minimum absolute atomic E-state index is 0.0956. The van der Waals surface area contributed by atoms with Gasteiger partial charge in [0.2, 0.25) is 0 Å². The molecule has 1 aliphatic heterocycles. The van der Waals surface area contributed by atoms with E-state index in [1.807, 2.05) is 49.0 Å². The highest BCUT2D eigenvalue weighted by Crippen LogP contribution is 2.29. The molecule has 6 nitrogen and oxygen atoms in total. The maximum atomic E-state index is 13.2. The summed E-state index contributed by atoms with van der Waals surface area (Å²) < 4.78 is 7.58. The summed E-state index contributed by atoms with van der Waals surface area (Å²) in [7, 11) is 0. The lowest BCUT2D eigenvalue weighted by Crippen LogP contribution is -2.32. The molecular weight excluding hydrogens is 412 g/mol. The number of pyridine rings is 1. The molecule has 0 spiro atoms. The number of aryl methyl sites for hydroxylation is 2. The Morgan fingerprint density at radius 2 is 1.88 bits per heavy atom. The van der Waals surface area contributed by atoms with Crippen molar-refractivity contribution in [2.75, 3.05) is 13.2 Å². The van der Waals surface area contributed by atoms with Crippen LogP contribution in [0.5, 0.6) is 0 Å². The molecule has 33 heavy (non-hydrogen) atoms. The smallest absolute Gasteiger partial charge is 0.252 e. The first-order chi connectivity index (χ1) is 16.0. The molecule has 0 unspecified atom stereocenters. The molecule has 1 N–H and O–H groups in total. The summed E-state index contributed by atoms with van der Waals surface area (Å²) in [6.07, 6.45) is 3.95. The highest BCUT2D eigenvalue weighted by molar-refractivity contribution is 6.07. The average molecular weight is 441 g/mol. The van der Waals surface area contributed by atoms with Gasteiger partial charge in [-0.05, 0) is 63.9 Å². The molecule has 0 bridgehead atoms. The van der Waals surface area contributed by atoms with Gasteiger partial charge in [0, 0.05) is 24.1 Å². The Hall–Kier alpha value is -3.51. The summed E-state index contributed by atoms with van der Waals surface area (Å²) in [6.45, 7) is 7.41. The van der Waals surface area contributed by atoms with Crippen molar-refractivity contribution in [3.63, 3.8) is 0 Å². The van der Waals surface area contributed by atoms with Crippen molar-refractivity contribution >= 4 is 16.8 Å². The number of benzene rings is 2. The van der Waals surface area contributed by atoms with Gasteiger partial charge in [-0.1, -0.05) is 29.3 Å². The molecule has 1 fully saturated rings. The van der Waals surface area contributed by atoms with Crippen LogP contribution in [0.15, 0.2) is 54.7 Å². The molecule has 0 radical (unpaired) electrons. The summed E-state index contributed by atoms with van der Waals surface area (Å²) in [5, 5.41) is 8.53. The molecule has 168 valence electrons. The fourth-order valence-corrected chi connectivity index (χ4v) is 4.38. The Morgan fingerprint density at radius 1 is 1.09 bits per heavy atom. The summed E-state index contributed by atoms with van der Waals surface area (Å²) in [5.74, 6) is -0.103. The zero-order chi connectivity index (χ0) is 22.9. The Bertz CT molecular complexity index is 1320. The Morgan fingerprint density at radius 3 is 2.64 bits per heavy atom. The molecule has 6 heteroatoms. The number of nitrogens with zero attached hydrogens (tertiary/aromatic N) is 3. The number of carbonyl (C=O) groups is 1. The second-order valence-corrected chi connectivity index (χ2v) is 8.81. The first kappa shape index (κ1) is 21.3. The fourth-order valence-electron chi connectivity index (χ4n) is 4.38. The largest absolute Gasteiger partial charge is 0.376 e. The third-order valence-corrected chi connectivity index (χ3v) is 6.29. The van der Waals surface area contributed by atoms with Gasteiger partial charge < -0.3 is 10.1 Å². The number of aromatic nitrogens is 3. The molecule has 1 atom stereocenters. The van der Waals surface area contributed by atoms with Crippen LogP contribution in [0.1, 0.15) is 40.0 Å². The summed E-state index contributed by atoms with van der Waals surface area (Å²) >= 11 is 0. The third-order valence-electron chi connectivity index (χ3n) is 6.29. The molecule has 0 aliphatic carbocycles. The fraction of sp³-hybridized carbons (Fsp3) is 0.296. The van der Waals surface area contributed by atoms with Crippen LogP contribution in [0.25, 0.3) is 27.8 Å². The normalized spacial score (nSPS) is 15.8. The lowest BCUT2D eigenvalue weighted by Gasteiger charge is -2.13. The summed E-state index contributed by atoms with van der Waals surface area (Å²) in [6, 6.07) is 16.2. The van der Waals surface area contributed by atoms with Crippen molar-refractivity contribution in [3.8, 4) is 16.9 Å². The molecule has 1 amide bonds. The molecule has 2 aromatic carbocycles. The first-order valence-electron chi connectivity index (χ1n) is 11.4. The second-order valence-electron chi connectivity index (χ2n) is 8.81. The number of nitrogens with one attached hydrogen (secondary N) is 1. The van der Waals surface area contributed by atoms with Crippen LogP contribution < -0.4 is 5.32 Å². The van der Waals surface area contributed by atoms with Gasteiger partial charge in [-0.15, -0.1) is 0 Å². The lowest BCUT2D eigenvalue weighted by molar-refractivity contribution is 0.0859.